The molecular weight excluding hydrogens is 351 g/mol. The highest BCUT2D eigenvalue weighted by Crippen LogP contribution is 2.31. The molecule has 4 nitrogen and oxygen atoms in total. The van der Waals surface area contributed by atoms with Crippen molar-refractivity contribution in [3.63, 3.8) is 0 Å². The molecule has 0 unspecified atom stereocenters. The molecule has 0 radical (unpaired) electrons. The molecule has 1 aromatic rings. The Morgan fingerprint density at radius 2 is 1.71 bits per heavy atom. The lowest BCUT2D eigenvalue weighted by Crippen LogP contribution is -2.07. The Balaban J connectivity index is 2.72. The van der Waals surface area contributed by atoms with Gasteiger partial charge in [0.05, 0.1) is 13.2 Å². The van der Waals surface area contributed by atoms with Gasteiger partial charge in [-0.3, -0.25) is 0 Å². The number of hydrogen-bond donors (Lipinski definition) is 0. The van der Waals surface area contributed by atoms with Crippen LogP contribution in [0, 0.1) is 0 Å². The van der Waals surface area contributed by atoms with E-state index in [0.29, 0.717) is 19.8 Å². The highest BCUT2D eigenvalue weighted by Gasteiger charge is 2.11. The van der Waals surface area contributed by atoms with Crippen molar-refractivity contribution in [2.45, 2.75) is 33.1 Å². The minimum Gasteiger partial charge on any atom is -0.493 e. The maximum atomic E-state index is 10.2. The smallest absolute Gasteiger partial charge is 0.145 e. The third-order valence-electron chi connectivity index (χ3n) is 3.33. The Kier molecular flexibility index (Phi) is 10.6. The highest BCUT2D eigenvalue weighted by atomic mass is 35.5. The molecular formula is C18H24Cl2O4. The molecule has 0 atom stereocenters. The lowest BCUT2D eigenvalue weighted by molar-refractivity contribution is -0.111. The number of ether oxygens (including phenoxy) is 3. The van der Waals surface area contributed by atoms with Crippen molar-refractivity contribution in [1.82, 2.24) is 0 Å². The molecule has 134 valence electrons. The van der Waals surface area contributed by atoms with Crippen LogP contribution in [0.3, 0.4) is 0 Å². The fourth-order valence-corrected chi connectivity index (χ4v) is 2.31. The summed E-state index contributed by atoms with van der Waals surface area (Å²) in [6, 6.07) is 3.96. The molecule has 0 bridgehead atoms. The predicted octanol–water partition coefficient (Wildman–Crippen LogP) is 4.49. The Bertz CT molecular complexity index is 515. The van der Waals surface area contributed by atoms with Gasteiger partial charge in [-0.2, -0.15) is 0 Å². The van der Waals surface area contributed by atoms with Gasteiger partial charge in [0.25, 0.3) is 0 Å². The second-order valence-corrected chi connectivity index (χ2v) is 6.03. The lowest BCUT2D eigenvalue weighted by Gasteiger charge is -2.17. The van der Waals surface area contributed by atoms with Gasteiger partial charge in [0.1, 0.15) is 35.5 Å². The monoisotopic (exact) mass is 374 g/mol. The van der Waals surface area contributed by atoms with E-state index in [9.17, 15) is 4.79 Å². The van der Waals surface area contributed by atoms with E-state index in [1.54, 1.807) is 6.08 Å². The third kappa shape index (κ3) is 7.56. The van der Waals surface area contributed by atoms with Crippen LogP contribution in [-0.2, 0) is 22.4 Å². The van der Waals surface area contributed by atoms with E-state index < -0.39 is 0 Å². The van der Waals surface area contributed by atoms with E-state index >= 15 is 0 Å². The Hall–Kier alpha value is -1.23. The molecule has 0 fully saturated rings. The molecule has 0 spiro atoms. The molecule has 1 aromatic carbocycles. The molecule has 0 amide bonds. The number of aryl methyl sites for hydroxylation is 2. The predicted molar refractivity (Wildman–Crippen MR) is 97.5 cm³/mol. The highest BCUT2D eigenvalue weighted by molar-refractivity contribution is 6.55. The van der Waals surface area contributed by atoms with E-state index in [4.69, 9.17) is 37.4 Å². The topological polar surface area (TPSA) is 44.8 Å². The van der Waals surface area contributed by atoms with E-state index in [2.05, 4.69) is 13.8 Å². The van der Waals surface area contributed by atoms with Crippen molar-refractivity contribution >= 4 is 29.5 Å². The van der Waals surface area contributed by atoms with Crippen LogP contribution in [0.4, 0.5) is 0 Å². The molecule has 0 aromatic heterocycles. The molecule has 1 rings (SSSR count). The summed E-state index contributed by atoms with van der Waals surface area (Å²) in [4.78, 5) is 10.2. The van der Waals surface area contributed by atoms with Gasteiger partial charge in [-0.15, -0.1) is 0 Å². The molecule has 0 aliphatic heterocycles. The minimum absolute atomic E-state index is 0.132. The third-order valence-corrected chi connectivity index (χ3v) is 3.64. The van der Waals surface area contributed by atoms with Gasteiger partial charge in [0.15, 0.2) is 0 Å². The van der Waals surface area contributed by atoms with Crippen LogP contribution in [0.25, 0.3) is 0 Å². The summed E-state index contributed by atoms with van der Waals surface area (Å²) in [6.07, 6.45) is 4.76. The Labute approximate surface area is 153 Å². The Morgan fingerprint density at radius 3 is 2.25 bits per heavy atom. The summed E-state index contributed by atoms with van der Waals surface area (Å²) in [5, 5.41) is 0. The molecule has 0 heterocycles. The first kappa shape index (κ1) is 20.8. The summed E-state index contributed by atoms with van der Waals surface area (Å²) in [5.41, 5.74) is 2.19. The number of hydrogen-bond acceptors (Lipinski definition) is 4. The number of carbonyl (C=O) groups is 1. The second-order valence-electron chi connectivity index (χ2n) is 5.03. The van der Waals surface area contributed by atoms with Crippen LogP contribution in [0.1, 0.15) is 31.4 Å². The first-order valence-corrected chi connectivity index (χ1v) is 8.81. The van der Waals surface area contributed by atoms with Crippen LogP contribution in [-0.4, -0.2) is 32.7 Å². The fraction of sp³-hybridized carbons (Fsp3) is 0.500. The van der Waals surface area contributed by atoms with Crippen LogP contribution >= 0.6 is 23.2 Å². The van der Waals surface area contributed by atoms with Gasteiger partial charge in [-0.25, -0.2) is 0 Å². The molecule has 0 saturated carbocycles. The van der Waals surface area contributed by atoms with Crippen LogP contribution in [0.15, 0.2) is 22.7 Å². The van der Waals surface area contributed by atoms with Crippen molar-refractivity contribution in [3.05, 3.63) is 33.8 Å². The molecule has 0 saturated heterocycles. The van der Waals surface area contributed by atoms with E-state index in [-0.39, 0.29) is 11.1 Å². The number of carbonyl (C=O) groups excluding carboxylic acids is 1. The SMILES string of the molecule is CCc1cc(OCC=C(Cl)Cl)cc(CC)c1OCCCOCC=O. The average molecular weight is 375 g/mol. The number of benzene rings is 1. The van der Waals surface area contributed by atoms with Crippen molar-refractivity contribution in [3.8, 4) is 11.5 Å². The summed E-state index contributed by atoms with van der Waals surface area (Å²) in [5.74, 6) is 1.69. The summed E-state index contributed by atoms with van der Waals surface area (Å²) < 4.78 is 16.9. The number of rotatable bonds is 12. The van der Waals surface area contributed by atoms with Crippen molar-refractivity contribution in [2.24, 2.45) is 0 Å². The maximum absolute atomic E-state index is 10.2. The average Bonchev–Trinajstić information content (AvgIpc) is 2.57. The zero-order valence-corrected chi connectivity index (χ0v) is 15.7. The summed E-state index contributed by atoms with van der Waals surface area (Å²) >= 11 is 11.2. The standard InChI is InChI=1S/C18H24Cl2O4/c1-3-14-12-16(23-10-6-17(19)20)13-15(4-2)18(14)24-9-5-8-22-11-7-21/h6-7,12-13H,3-5,8-11H2,1-2H3. The first-order chi connectivity index (χ1) is 11.6. The van der Waals surface area contributed by atoms with Gasteiger partial charge < -0.3 is 19.0 Å². The quantitative estimate of drug-likeness (QED) is 0.399. The normalized spacial score (nSPS) is 10.3. The molecule has 0 N–H and O–H groups in total. The fourth-order valence-electron chi connectivity index (χ4n) is 2.18. The van der Waals surface area contributed by atoms with E-state index in [1.165, 1.54) is 0 Å². The zero-order valence-electron chi connectivity index (χ0n) is 14.1. The van der Waals surface area contributed by atoms with Crippen LogP contribution in [0.5, 0.6) is 11.5 Å². The van der Waals surface area contributed by atoms with Crippen molar-refractivity contribution in [2.75, 3.05) is 26.4 Å². The second kappa shape index (κ2) is 12.2. The zero-order chi connectivity index (χ0) is 17.8. The molecule has 6 heteroatoms. The summed E-state index contributed by atoms with van der Waals surface area (Å²) in [6.45, 7) is 5.66. The first-order valence-electron chi connectivity index (χ1n) is 8.06. The molecule has 0 aliphatic rings. The van der Waals surface area contributed by atoms with Crippen molar-refractivity contribution < 1.29 is 19.0 Å². The van der Waals surface area contributed by atoms with Crippen molar-refractivity contribution in [1.29, 1.82) is 0 Å². The van der Waals surface area contributed by atoms with Crippen LogP contribution in [0.2, 0.25) is 0 Å². The molecule has 0 aliphatic carbocycles. The largest absolute Gasteiger partial charge is 0.493 e. The number of aldehydes is 1. The summed E-state index contributed by atoms with van der Waals surface area (Å²) in [7, 11) is 0. The lowest BCUT2D eigenvalue weighted by atomic mass is 10.0. The Morgan fingerprint density at radius 1 is 1.04 bits per heavy atom. The van der Waals surface area contributed by atoms with Gasteiger partial charge in [0.2, 0.25) is 0 Å². The van der Waals surface area contributed by atoms with Crippen LogP contribution < -0.4 is 9.47 Å². The van der Waals surface area contributed by atoms with Gasteiger partial charge in [-0.1, -0.05) is 37.0 Å². The van der Waals surface area contributed by atoms with E-state index in [0.717, 1.165) is 48.2 Å². The van der Waals surface area contributed by atoms with Gasteiger partial charge in [0, 0.05) is 6.42 Å². The number of halogens is 2. The molecule has 24 heavy (non-hydrogen) atoms. The van der Waals surface area contributed by atoms with Gasteiger partial charge >= 0.3 is 0 Å². The minimum atomic E-state index is 0.132. The van der Waals surface area contributed by atoms with Gasteiger partial charge in [-0.05, 0) is 42.2 Å². The maximum Gasteiger partial charge on any atom is 0.145 e. The van der Waals surface area contributed by atoms with E-state index in [1.807, 2.05) is 12.1 Å².